The molecule has 0 spiro atoms. The van der Waals surface area contributed by atoms with Crippen molar-refractivity contribution in [3.05, 3.63) is 17.5 Å². The van der Waals surface area contributed by atoms with Crippen molar-refractivity contribution in [3.63, 3.8) is 0 Å². The van der Waals surface area contributed by atoms with E-state index in [2.05, 4.69) is 23.4 Å². The summed E-state index contributed by atoms with van der Waals surface area (Å²) in [6.07, 6.45) is 8.48. The molecule has 1 aromatic rings. The Balaban J connectivity index is 1.37. The minimum atomic E-state index is 0.140. The molecule has 0 aliphatic heterocycles. The molecule has 4 heteroatoms. The van der Waals surface area contributed by atoms with E-state index in [0.29, 0.717) is 13.0 Å². The Morgan fingerprint density at radius 2 is 1.82 bits per heavy atom. The van der Waals surface area contributed by atoms with Gasteiger partial charge >= 0.3 is 0 Å². The highest BCUT2D eigenvalue weighted by molar-refractivity contribution is 5.76. The molecule has 4 saturated carbocycles. The average Bonchev–Trinajstić information content (AvgIpc) is 2.72. The molecule has 1 N–H and O–H groups in total. The quantitative estimate of drug-likeness (QED) is 0.929. The van der Waals surface area contributed by atoms with Crippen LogP contribution in [0.3, 0.4) is 0 Å². The second kappa shape index (κ2) is 5.10. The summed E-state index contributed by atoms with van der Waals surface area (Å²) >= 11 is 0. The van der Waals surface area contributed by atoms with Crippen molar-refractivity contribution in [1.29, 1.82) is 0 Å². The minimum absolute atomic E-state index is 0.140. The van der Waals surface area contributed by atoms with Gasteiger partial charge in [-0.2, -0.15) is 5.10 Å². The lowest BCUT2D eigenvalue weighted by molar-refractivity contribution is -0.127. The fraction of sp³-hybridized carbons (Fsp3) is 0.778. The molecule has 4 bridgehead atoms. The number of amides is 1. The molecule has 1 amide bonds. The number of hydrogen-bond donors (Lipinski definition) is 1. The molecule has 22 heavy (non-hydrogen) atoms. The maximum Gasteiger partial charge on any atom is 0.222 e. The van der Waals surface area contributed by atoms with E-state index in [1.165, 1.54) is 38.5 Å². The van der Waals surface area contributed by atoms with Crippen molar-refractivity contribution in [2.24, 2.45) is 17.8 Å². The zero-order valence-electron chi connectivity index (χ0n) is 13.8. The minimum Gasteiger partial charge on any atom is -0.351 e. The molecule has 1 heterocycles. The number of nitrogens with one attached hydrogen (secondary N) is 1. The monoisotopic (exact) mass is 301 g/mol. The van der Waals surface area contributed by atoms with Crippen molar-refractivity contribution in [2.45, 2.75) is 70.9 Å². The fourth-order valence-electron chi connectivity index (χ4n) is 5.73. The average molecular weight is 301 g/mol. The predicted octanol–water partition coefficient (Wildman–Crippen LogP) is 2.98. The normalized spacial score (nSPS) is 35.8. The molecule has 0 saturated heterocycles. The summed E-state index contributed by atoms with van der Waals surface area (Å²) in [5, 5.41) is 7.89. The summed E-state index contributed by atoms with van der Waals surface area (Å²) in [7, 11) is 0. The van der Waals surface area contributed by atoms with Gasteiger partial charge in [0.15, 0.2) is 0 Å². The van der Waals surface area contributed by atoms with E-state index in [0.717, 1.165) is 29.1 Å². The van der Waals surface area contributed by atoms with E-state index in [9.17, 15) is 4.79 Å². The molecule has 4 nitrogen and oxygen atoms in total. The maximum absolute atomic E-state index is 12.5. The molecule has 4 aliphatic carbocycles. The largest absolute Gasteiger partial charge is 0.351 e. The molecule has 0 radical (unpaired) electrons. The van der Waals surface area contributed by atoms with E-state index in [1.807, 2.05) is 11.6 Å². The zero-order valence-corrected chi connectivity index (χ0v) is 13.8. The van der Waals surface area contributed by atoms with E-state index >= 15 is 0 Å². The van der Waals surface area contributed by atoms with Crippen LogP contribution < -0.4 is 5.32 Å². The summed E-state index contributed by atoms with van der Waals surface area (Å²) in [6.45, 7) is 4.74. The first-order chi connectivity index (χ1) is 10.5. The van der Waals surface area contributed by atoms with Crippen LogP contribution >= 0.6 is 0 Å². The number of hydrogen-bond acceptors (Lipinski definition) is 2. The lowest BCUT2D eigenvalue weighted by Gasteiger charge is -2.56. The van der Waals surface area contributed by atoms with Gasteiger partial charge in [0.05, 0.1) is 5.69 Å². The van der Waals surface area contributed by atoms with Gasteiger partial charge in [-0.15, -0.1) is 0 Å². The SMILES string of the molecule is Cc1cc(C)n(CCC(=O)NC23CC4CC(CC(C4)C2)C3)n1. The third-order valence-electron chi connectivity index (χ3n) is 6.10. The second-order valence-corrected chi connectivity index (χ2v) is 8.15. The first-order valence-electron chi connectivity index (χ1n) is 8.83. The van der Waals surface area contributed by atoms with Crippen LogP contribution in [0.1, 0.15) is 56.3 Å². The fourth-order valence-corrected chi connectivity index (χ4v) is 5.73. The molecule has 0 aromatic carbocycles. The van der Waals surface area contributed by atoms with E-state index < -0.39 is 0 Å². The summed E-state index contributed by atoms with van der Waals surface area (Å²) < 4.78 is 1.95. The van der Waals surface area contributed by atoms with Gasteiger partial charge in [-0.05, 0) is 76.2 Å². The first-order valence-corrected chi connectivity index (χ1v) is 8.83. The van der Waals surface area contributed by atoms with Gasteiger partial charge in [0.2, 0.25) is 5.91 Å². The van der Waals surface area contributed by atoms with E-state index in [1.54, 1.807) is 0 Å². The van der Waals surface area contributed by atoms with Crippen LogP contribution in [0, 0.1) is 31.6 Å². The van der Waals surface area contributed by atoms with Crippen LogP contribution in [0.4, 0.5) is 0 Å². The van der Waals surface area contributed by atoms with Crippen LogP contribution in [0.2, 0.25) is 0 Å². The van der Waals surface area contributed by atoms with Gasteiger partial charge in [0.1, 0.15) is 0 Å². The lowest BCUT2D eigenvalue weighted by Crippen LogP contribution is -2.59. The molecule has 5 rings (SSSR count). The number of carbonyl (C=O) groups excluding carboxylic acids is 1. The van der Waals surface area contributed by atoms with Crippen LogP contribution in [0.5, 0.6) is 0 Å². The summed E-state index contributed by atoms with van der Waals surface area (Å²) in [5.41, 5.74) is 2.31. The van der Waals surface area contributed by atoms with Gasteiger partial charge in [-0.3, -0.25) is 9.48 Å². The summed E-state index contributed by atoms with van der Waals surface area (Å²) in [4.78, 5) is 12.5. The topological polar surface area (TPSA) is 46.9 Å². The Kier molecular flexibility index (Phi) is 3.31. The standard InChI is InChI=1S/C18H27N3O/c1-12-5-13(2)21(20-12)4-3-17(22)19-18-9-14-6-15(10-18)8-16(7-14)11-18/h5,14-16H,3-4,6-11H2,1-2H3,(H,19,22). The van der Waals surface area contributed by atoms with Crippen LogP contribution in [0.25, 0.3) is 0 Å². The smallest absolute Gasteiger partial charge is 0.222 e. The Morgan fingerprint density at radius 3 is 2.32 bits per heavy atom. The number of aryl methyl sites for hydroxylation is 3. The number of rotatable bonds is 4. The molecule has 0 unspecified atom stereocenters. The van der Waals surface area contributed by atoms with Gasteiger partial charge < -0.3 is 5.32 Å². The molecule has 0 atom stereocenters. The van der Waals surface area contributed by atoms with Crippen molar-refractivity contribution in [3.8, 4) is 0 Å². The van der Waals surface area contributed by atoms with Gasteiger partial charge in [-0.1, -0.05) is 0 Å². The van der Waals surface area contributed by atoms with Gasteiger partial charge in [0, 0.05) is 24.2 Å². The Hall–Kier alpha value is -1.32. The zero-order chi connectivity index (χ0) is 15.3. The lowest BCUT2D eigenvalue weighted by atomic mass is 9.53. The molecule has 4 aliphatic rings. The maximum atomic E-state index is 12.5. The Morgan fingerprint density at radius 1 is 1.23 bits per heavy atom. The summed E-state index contributed by atoms with van der Waals surface area (Å²) in [6, 6.07) is 2.07. The van der Waals surface area contributed by atoms with Crippen molar-refractivity contribution < 1.29 is 4.79 Å². The number of nitrogens with zero attached hydrogens (tertiary/aromatic N) is 2. The molecular weight excluding hydrogens is 274 g/mol. The summed E-state index contributed by atoms with van der Waals surface area (Å²) in [5.74, 6) is 2.85. The van der Waals surface area contributed by atoms with Crippen LogP contribution in [-0.4, -0.2) is 21.2 Å². The van der Waals surface area contributed by atoms with Crippen molar-refractivity contribution >= 4 is 5.91 Å². The third-order valence-corrected chi connectivity index (χ3v) is 6.10. The van der Waals surface area contributed by atoms with Crippen LogP contribution in [0.15, 0.2) is 6.07 Å². The molecule has 120 valence electrons. The molecule has 1 aromatic heterocycles. The predicted molar refractivity (Wildman–Crippen MR) is 85.4 cm³/mol. The van der Waals surface area contributed by atoms with Crippen LogP contribution in [-0.2, 0) is 11.3 Å². The number of carbonyl (C=O) groups is 1. The molecule has 4 fully saturated rings. The highest BCUT2D eigenvalue weighted by atomic mass is 16.1. The Labute approximate surface area is 132 Å². The van der Waals surface area contributed by atoms with E-state index in [-0.39, 0.29) is 11.4 Å². The Bertz CT molecular complexity index is 554. The van der Waals surface area contributed by atoms with Gasteiger partial charge in [-0.25, -0.2) is 0 Å². The second-order valence-electron chi connectivity index (χ2n) is 8.15. The van der Waals surface area contributed by atoms with Crippen molar-refractivity contribution in [2.75, 3.05) is 0 Å². The van der Waals surface area contributed by atoms with Crippen molar-refractivity contribution in [1.82, 2.24) is 15.1 Å². The third kappa shape index (κ3) is 2.57. The molecular formula is C18H27N3O. The van der Waals surface area contributed by atoms with E-state index in [4.69, 9.17) is 0 Å². The first kappa shape index (κ1) is 14.3. The highest BCUT2D eigenvalue weighted by Crippen LogP contribution is 2.55. The van der Waals surface area contributed by atoms with Gasteiger partial charge in [0.25, 0.3) is 0 Å². The highest BCUT2D eigenvalue weighted by Gasteiger charge is 2.51. The number of aromatic nitrogens is 2.